The highest BCUT2D eigenvalue weighted by atomic mass is 19.1. The van der Waals surface area contributed by atoms with Gasteiger partial charge in [0.1, 0.15) is 23.7 Å². The average molecular weight is 508 g/mol. The minimum absolute atomic E-state index is 0.0735. The standard InChI is InChI=1S/C28H22FN7O2/c1-15-10-18(12-31-27(15)37)24-23-25(30)32-14-33-26(23)36(34-24)16(2)21-11-20-9-8-19(29)13-35(20)28(38)22(21)17-6-4-3-5-7-17/h3-14,16H,1-2H3,(H,31,37)(H2,30,32,33)/t16-/m0/s1. The quantitative estimate of drug-likeness (QED) is 0.360. The molecule has 0 aliphatic carbocycles. The van der Waals surface area contributed by atoms with E-state index in [0.29, 0.717) is 50.1 Å². The van der Waals surface area contributed by atoms with Gasteiger partial charge in [0.2, 0.25) is 5.88 Å². The molecule has 10 heteroatoms. The Morgan fingerprint density at radius 2 is 1.82 bits per heavy atom. The van der Waals surface area contributed by atoms with Crippen molar-refractivity contribution in [3.63, 3.8) is 0 Å². The number of anilines is 1. The van der Waals surface area contributed by atoms with E-state index in [0.717, 1.165) is 0 Å². The lowest BCUT2D eigenvalue weighted by molar-refractivity contribution is 0.449. The Morgan fingerprint density at radius 1 is 1.03 bits per heavy atom. The third-order valence-corrected chi connectivity index (χ3v) is 6.69. The Morgan fingerprint density at radius 3 is 2.58 bits per heavy atom. The molecule has 0 unspecified atom stereocenters. The van der Waals surface area contributed by atoms with Gasteiger partial charge >= 0.3 is 0 Å². The second kappa shape index (κ2) is 8.77. The third-order valence-electron chi connectivity index (χ3n) is 6.69. The molecular weight excluding hydrogens is 485 g/mol. The highest BCUT2D eigenvalue weighted by Crippen LogP contribution is 2.36. The molecule has 0 aliphatic heterocycles. The van der Waals surface area contributed by atoms with Crippen molar-refractivity contribution in [2.45, 2.75) is 19.9 Å². The molecule has 38 heavy (non-hydrogen) atoms. The largest absolute Gasteiger partial charge is 0.493 e. The predicted molar refractivity (Wildman–Crippen MR) is 142 cm³/mol. The fourth-order valence-corrected chi connectivity index (χ4v) is 4.78. The average Bonchev–Trinajstić information content (AvgIpc) is 3.31. The lowest BCUT2D eigenvalue weighted by Crippen LogP contribution is -2.21. The molecule has 5 heterocycles. The normalized spacial score (nSPS) is 12.3. The molecule has 6 rings (SSSR count). The van der Waals surface area contributed by atoms with Gasteiger partial charge in [0, 0.05) is 29.0 Å². The summed E-state index contributed by atoms with van der Waals surface area (Å²) in [7, 11) is 0. The van der Waals surface area contributed by atoms with Gasteiger partial charge in [0.25, 0.3) is 5.56 Å². The first kappa shape index (κ1) is 23.3. The SMILES string of the molecule is Cc1cc(-c2nn([C@@H](C)c3cc4ccc(F)cn4c(=O)c3-c3ccccc3)c3ncnc(N)c23)cnc1O. The Labute approximate surface area is 215 Å². The van der Waals surface area contributed by atoms with Crippen LogP contribution in [-0.2, 0) is 0 Å². The van der Waals surface area contributed by atoms with Crippen molar-refractivity contribution in [1.82, 2.24) is 29.1 Å². The molecule has 0 saturated carbocycles. The van der Waals surface area contributed by atoms with Gasteiger partial charge in [-0.25, -0.2) is 24.0 Å². The van der Waals surface area contributed by atoms with Gasteiger partial charge in [0.05, 0.1) is 17.0 Å². The summed E-state index contributed by atoms with van der Waals surface area (Å²) in [5, 5.41) is 15.3. The fourth-order valence-electron chi connectivity index (χ4n) is 4.78. The lowest BCUT2D eigenvalue weighted by Gasteiger charge is -2.19. The smallest absolute Gasteiger partial charge is 0.263 e. The topological polar surface area (TPSA) is 124 Å². The molecule has 0 bridgehead atoms. The van der Waals surface area contributed by atoms with Crippen LogP contribution in [-0.4, -0.2) is 34.2 Å². The number of fused-ring (bicyclic) bond motifs is 2. The second-order valence-corrected chi connectivity index (χ2v) is 9.08. The summed E-state index contributed by atoms with van der Waals surface area (Å²) in [4.78, 5) is 26.4. The van der Waals surface area contributed by atoms with E-state index < -0.39 is 11.9 Å². The monoisotopic (exact) mass is 507 g/mol. The van der Waals surface area contributed by atoms with Gasteiger partial charge in [-0.2, -0.15) is 5.10 Å². The van der Waals surface area contributed by atoms with E-state index in [1.807, 2.05) is 43.3 Å². The van der Waals surface area contributed by atoms with Crippen molar-refractivity contribution in [3.05, 3.63) is 101 Å². The van der Waals surface area contributed by atoms with Crippen LogP contribution in [0.3, 0.4) is 0 Å². The summed E-state index contributed by atoms with van der Waals surface area (Å²) in [6.45, 7) is 3.65. The Bertz CT molecular complexity index is 1920. The van der Waals surface area contributed by atoms with Gasteiger partial charge < -0.3 is 10.8 Å². The number of aromatic nitrogens is 6. The van der Waals surface area contributed by atoms with E-state index in [-0.39, 0.29) is 17.3 Å². The van der Waals surface area contributed by atoms with Crippen molar-refractivity contribution >= 4 is 22.4 Å². The molecule has 0 amide bonds. The molecule has 0 spiro atoms. The fraction of sp³-hybridized carbons (Fsp3) is 0.107. The van der Waals surface area contributed by atoms with Crippen molar-refractivity contribution in [2.24, 2.45) is 0 Å². The number of halogens is 1. The number of hydrogen-bond donors (Lipinski definition) is 2. The van der Waals surface area contributed by atoms with E-state index in [4.69, 9.17) is 10.8 Å². The maximum Gasteiger partial charge on any atom is 0.263 e. The summed E-state index contributed by atoms with van der Waals surface area (Å²) < 4.78 is 17.1. The van der Waals surface area contributed by atoms with Crippen LogP contribution in [0.25, 0.3) is 38.9 Å². The van der Waals surface area contributed by atoms with E-state index in [1.165, 1.54) is 29.2 Å². The van der Waals surface area contributed by atoms with Gasteiger partial charge in [-0.3, -0.25) is 9.20 Å². The number of rotatable bonds is 4. The van der Waals surface area contributed by atoms with E-state index >= 15 is 0 Å². The van der Waals surface area contributed by atoms with Crippen LogP contribution < -0.4 is 11.3 Å². The summed E-state index contributed by atoms with van der Waals surface area (Å²) >= 11 is 0. The number of aromatic hydroxyl groups is 1. The molecule has 188 valence electrons. The molecule has 5 aromatic heterocycles. The summed E-state index contributed by atoms with van der Waals surface area (Å²) in [6, 6.07) is 15.3. The predicted octanol–water partition coefficient (Wildman–Crippen LogP) is 4.51. The van der Waals surface area contributed by atoms with E-state index in [1.54, 1.807) is 23.7 Å². The maximum absolute atomic E-state index is 14.1. The number of benzene rings is 1. The molecule has 1 atom stereocenters. The molecule has 0 fully saturated rings. The van der Waals surface area contributed by atoms with Crippen LogP contribution in [0.15, 0.2) is 78.1 Å². The van der Waals surface area contributed by atoms with Gasteiger partial charge in [-0.1, -0.05) is 30.3 Å². The molecule has 0 radical (unpaired) electrons. The zero-order valence-corrected chi connectivity index (χ0v) is 20.5. The van der Waals surface area contributed by atoms with Crippen molar-refractivity contribution in [2.75, 3.05) is 5.73 Å². The minimum Gasteiger partial charge on any atom is -0.493 e. The van der Waals surface area contributed by atoms with Gasteiger partial charge in [0.15, 0.2) is 5.65 Å². The zero-order valence-electron chi connectivity index (χ0n) is 20.5. The number of hydrogen-bond acceptors (Lipinski definition) is 7. The summed E-state index contributed by atoms with van der Waals surface area (Å²) in [5.74, 6) is -0.339. The lowest BCUT2D eigenvalue weighted by atomic mass is 9.96. The number of aryl methyl sites for hydroxylation is 1. The first-order valence-corrected chi connectivity index (χ1v) is 11.9. The van der Waals surface area contributed by atoms with Crippen LogP contribution >= 0.6 is 0 Å². The van der Waals surface area contributed by atoms with Crippen molar-refractivity contribution in [3.8, 4) is 28.3 Å². The summed E-state index contributed by atoms with van der Waals surface area (Å²) in [5.41, 5.74) is 10.5. The van der Waals surface area contributed by atoms with Crippen LogP contribution in [0.2, 0.25) is 0 Å². The van der Waals surface area contributed by atoms with Crippen molar-refractivity contribution < 1.29 is 9.50 Å². The van der Waals surface area contributed by atoms with Gasteiger partial charge in [-0.15, -0.1) is 0 Å². The first-order chi connectivity index (χ1) is 18.3. The van der Waals surface area contributed by atoms with E-state index in [2.05, 4.69) is 15.0 Å². The van der Waals surface area contributed by atoms with E-state index in [9.17, 15) is 14.3 Å². The molecule has 9 nitrogen and oxygen atoms in total. The third kappa shape index (κ3) is 3.65. The second-order valence-electron chi connectivity index (χ2n) is 9.08. The molecule has 6 aromatic rings. The molecule has 3 N–H and O–H groups in total. The molecular formula is C28H22FN7O2. The maximum atomic E-state index is 14.1. The number of nitrogens with two attached hydrogens (primary N) is 1. The Kier molecular flexibility index (Phi) is 5.37. The zero-order chi connectivity index (χ0) is 26.6. The van der Waals surface area contributed by atoms with Crippen LogP contribution in [0, 0.1) is 12.7 Å². The molecule has 0 saturated heterocycles. The van der Waals surface area contributed by atoms with Crippen LogP contribution in [0.4, 0.5) is 10.2 Å². The van der Waals surface area contributed by atoms with Crippen LogP contribution in [0.1, 0.15) is 24.1 Å². The van der Waals surface area contributed by atoms with Gasteiger partial charge in [-0.05, 0) is 49.2 Å². The number of pyridine rings is 3. The molecule has 0 aliphatic rings. The van der Waals surface area contributed by atoms with Crippen LogP contribution in [0.5, 0.6) is 5.88 Å². The van der Waals surface area contributed by atoms with Crippen molar-refractivity contribution in [1.29, 1.82) is 0 Å². The minimum atomic E-state index is -0.507. The Balaban J connectivity index is 1.64. The Hall–Kier alpha value is -5.12. The number of nitrogen functional groups attached to an aromatic ring is 1. The summed E-state index contributed by atoms with van der Waals surface area (Å²) in [6.07, 6.45) is 4.06. The molecule has 1 aromatic carbocycles. The highest BCUT2D eigenvalue weighted by Gasteiger charge is 2.25. The first-order valence-electron chi connectivity index (χ1n) is 11.9. The number of nitrogens with zero attached hydrogens (tertiary/aromatic N) is 6. The highest BCUT2D eigenvalue weighted by molar-refractivity contribution is 5.98.